The highest BCUT2D eigenvalue weighted by Crippen LogP contribution is 2.71. The van der Waals surface area contributed by atoms with E-state index < -0.39 is 15.9 Å². The summed E-state index contributed by atoms with van der Waals surface area (Å²) in [6, 6.07) is 0. The lowest BCUT2D eigenvalue weighted by atomic mass is 9.82. The van der Waals surface area contributed by atoms with Gasteiger partial charge in [0.25, 0.3) is 0 Å². The Bertz CT molecular complexity index is 533. The van der Waals surface area contributed by atoms with E-state index in [4.69, 9.17) is 18.9 Å². The second-order valence-corrected chi connectivity index (χ2v) is 8.12. The lowest BCUT2D eigenvalue weighted by molar-refractivity contribution is -0.197. The van der Waals surface area contributed by atoms with E-state index in [9.17, 15) is 0 Å². The van der Waals surface area contributed by atoms with Crippen LogP contribution in [0.3, 0.4) is 0 Å². The number of hydrogen-bond donors (Lipinski definition) is 0. The van der Waals surface area contributed by atoms with Crippen LogP contribution in [0.4, 0.5) is 0 Å². The Kier molecular flexibility index (Phi) is 2.42. The van der Waals surface area contributed by atoms with E-state index in [1.807, 2.05) is 0 Å². The molecular weight excluding hydrogens is 392 g/mol. The van der Waals surface area contributed by atoms with Gasteiger partial charge >= 0.3 is 0 Å². The molecule has 0 aromatic carbocycles. The topological polar surface area (TPSA) is 36.9 Å². The van der Waals surface area contributed by atoms with Crippen molar-refractivity contribution in [2.75, 3.05) is 26.4 Å². The van der Waals surface area contributed by atoms with Gasteiger partial charge in [-0.25, -0.2) is 0 Å². The zero-order valence-electron chi connectivity index (χ0n) is 10.7. The van der Waals surface area contributed by atoms with Gasteiger partial charge in [0, 0.05) is 11.8 Å². The maximum absolute atomic E-state index is 6.08. The molecule has 0 aromatic heterocycles. The highest BCUT2D eigenvalue weighted by Gasteiger charge is 2.79. The van der Waals surface area contributed by atoms with Crippen LogP contribution in [-0.4, -0.2) is 42.3 Å². The first-order valence-electron chi connectivity index (χ1n) is 6.96. The molecular formula is C14H14Br2O4. The number of allylic oxidation sites excluding steroid dienone is 1. The molecule has 6 heteroatoms. The van der Waals surface area contributed by atoms with Crippen LogP contribution in [0.5, 0.6) is 0 Å². The Labute approximate surface area is 133 Å². The van der Waals surface area contributed by atoms with E-state index in [0.29, 0.717) is 32.3 Å². The van der Waals surface area contributed by atoms with E-state index in [-0.39, 0.29) is 11.8 Å². The summed E-state index contributed by atoms with van der Waals surface area (Å²) >= 11 is 7.60. The Balaban J connectivity index is 1.69. The van der Waals surface area contributed by atoms with Crippen molar-refractivity contribution in [3.05, 3.63) is 22.7 Å². The Hall–Kier alpha value is 0.280. The van der Waals surface area contributed by atoms with Crippen molar-refractivity contribution >= 4 is 31.9 Å². The summed E-state index contributed by atoms with van der Waals surface area (Å²) in [5.41, 5.74) is 0. The summed E-state index contributed by atoms with van der Waals surface area (Å²) in [5.74, 6) is -0.663. The molecule has 20 heavy (non-hydrogen) atoms. The number of ether oxygens (including phenoxy) is 4. The number of fused-ring (bicyclic) bond motifs is 4. The fraction of sp³-hybridized carbons (Fsp3) is 0.714. The van der Waals surface area contributed by atoms with Crippen molar-refractivity contribution in [3.8, 4) is 0 Å². The molecule has 0 N–H and O–H groups in total. The van der Waals surface area contributed by atoms with Gasteiger partial charge in [-0.1, -0.05) is 50.1 Å². The lowest BCUT2D eigenvalue weighted by Gasteiger charge is -2.42. The SMILES string of the molecule is BrC1=C[C@@H]2[C@H]3C=C[C@](Br)([C@H]2C12OCCO2)C31OCCO1. The largest absolute Gasteiger partial charge is 0.345 e. The molecule has 5 aliphatic rings. The third-order valence-electron chi connectivity index (χ3n) is 5.28. The Morgan fingerprint density at radius 2 is 1.70 bits per heavy atom. The summed E-state index contributed by atoms with van der Waals surface area (Å²) in [7, 11) is 0. The van der Waals surface area contributed by atoms with Gasteiger partial charge < -0.3 is 18.9 Å². The lowest BCUT2D eigenvalue weighted by Crippen LogP contribution is -2.54. The van der Waals surface area contributed by atoms with Crippen LogP contribution in [0.15, 0.2) is 22.7 Å². The third kappa shape index (κ3) is 1.14. The maximum Gasteiger partial charge on any atom is 0.206 e. The monoisotopic (exact) mass is 404 g/mol. The Morgan fingerprint density at radius 3 is 2.40 bits per heavy atom. The highest BCUT2D eigenvalue weighted by molar-refractivity contribution is 9.11. The smallest absolute Gasteiger partial charge is 0.206 e. The van der Waals surface area contributed by atoms with Crippen molar-refractivity contribution in [2.24, 2.45) is 17.8 Å². The first-order valence-corrected chi connectivity index (χ1v) is 8.55. The molecule has 2 aliphatic heterocycles. The van der Waals surface area contributed by atoms with E-state index in [0.717, 1.165) is 4.48 Å². The summed E-state index contributed by atoms with van der Waals surface area (Å²) in [4.78, 5) is 0. The van der Waals surface area contributed by atoms with Crippen LogP contribution < -0.4 is 0 Å². The first kappa shape index (κ1) is 12.8. The average Bonchev–Trinajstić information content (AvgIpc) is 3.19. The zero-order valence-corrected chi connectivity index (χ0v) is 13.9. The van der Waals surface area contributed by atoms with Gasteiger partial charge in [-0.2, -0.15) is 0 Å². The van der Waals surface area contributed by atoms with Gasteiger partial charge in [0.1, 0.15) is 4.32 Å². The molecule has 0 radical (unpaired) electrons. The molecule has 2 heterocycles. The molecule has 2 spiro atoms. The number of halogens is 2. The van der Waals surface area contributed by atoms with Crippen molar-refractivity contribution in [1.82, 2.24) is 0 Å². The molecule has 2 bridgehead atoms. The molecule has 2 saturated heterocycles. The molecule has 3 fully saturated rings. The summed E-state index contributed by atoms with van der Waals surface area (Å²) < 4.78 is 24.8. The highest BCUT2D eigenvalue weighted by atomic mass is 79.9. The molecule has 0 amide bonds. The molecule has 4 atom stereocenters. The van der Waals surface area contributed by atoms with Gasteiger partial charge in [-0.05, 0) is 5.92 Å². The van der Waals surface area contributed by atoms with Crippen molar-refractivity contribution in [2.45, 2.75) is 15.9 Å². The van der Waals surface area contributed by atoms with Crippen LogP contribution in [-0.2, 0) is 18.9 Å². The second-order valence-electron chi connectivity index (χ2n) is 5.95. The van der Waals surface area contributed by atoms with Gasteiger partial charge in [0.15, 0.2) is 5.79 Å². The molecule has 0 unspecified atom stereocenters. The maximum atomic E-state index is 6.08. The number of rotatable bonds is 0. The van der Waals surface area contributed by atoms with Crippen LogP contribution >= 0.6 is 31.9 Å². The van der Waals surface area contributed by atoms with Crippen LogP contribution in [0, 0.1) is 17.8 Å². The van der Waals surface area contributed by atoms with E-state index in [1.54, 1.807) is 0 Å². The number of hydrogen-bond acceptors (Lipinski definition) is 4. The number of alkyl halides is 1. The molecule has 1 saturated carbocycles. The fourth-order valence-corrected chi connectivity index (χ4v) is 6.72. The minimum absolute atomic E-state index is 0.125. The zero-order chi connectivity index (χ0) is 13.6. The minimum atomic E-state index is -0.685. The van der Waals surface area contributed by atoms with Crippen molar-refractivity contribution < 1.29 is 18.9 Å². The van der Waals surface area contributed by atoms with Gasteiger partial charge in [-0.3, -0.25) is 0 Å². The third-order valence-corrected chi connectivity index (χ3v) is 7.41. The molecule has 108 valence electrons. The van der Waals surface area contributed by atoms with Gasteiger partial charge in [0.2, 0.25) is 5.79 Å². The summed E-state index contributed by atoms with van der Waals surface area (Å²) in [6.45, 7) is 2.53. The molecule has 4 nitrogen and oxygen atoms in total. The summed E-state index contributed by atoms with van der Waals surface area (Å²) in [5, 5.41) is 0. The van der Waals surface area contributed by atoms with Crippen molar-refractivity contribution in [3.63, 3.8) is 0 Å². The van der Waals surface area contributed by atoms with Crippen LogP contribution in [0.25, 0.3) is 0 Å². The standard InChI is InChI=1S/C14H14Br2O4/c15-10-7-8-9-1-2-12(16,14(9)19-5-6-20-14)11(8)13(10)17-3-4-18-13/h1-2,7-9,11H,3-6H2/t8-,9-,11+,12+/m1/s1. The van der Waals surface area contributed by atoms with Crippen LogP contribution in [0.1, 0.15) is 0 Å². The minimum Gasteiger partial charge on any atom is -0.345 e. The van der Waals surface area contributed by atoms with Gasteiger partial charge in [-0.15, -0.1) is 0 Å². The second kappa shape index (κ2) is 3.78. The molecule has 3 aliphatic carbocycles. The van der Waals surface area contributed by atoms with Crippen LogP contribution in [0.2, 0.25) is 0 Å². The summed E-state index contributed by atoms with van der Waals surface area (Å²) in [6.07, 6.45) is 6.61. The quantitative estimate of drug-likeness (QED) is 0.458. The average molecular weight is 406 g/mol. The fourth-order valence-electron chi connectivity index (χ4n) is 4.68. The van der Waals surface area contributed by atoms with E-state index in [1.165, 1.54) is 0 Å². The normalized spacial score (nSPS) is 49.5. The molecule has 0 aromatic rings. The van der Waals surface area contributed by atoms with Crippen molar-refractivity contribution in [1.29, 1.82) is 0 Å². The predicted molar refractivity (Wildman–Crippen MR) is 77.5 cm³/mol. The Morgan fingerprint density at radius 1 is 1.05 bits per heavy atom. The predicted octanol–water partition coefficient (Wildman–Crippen LogP) is 2.33. The molecule has 5 rings (SSSR count). The first-order chi connectivity index (χ1) is 9.64. The van der Waals surface area contributed by atoms with E-state index >= 15 is 0 Å². The van der Waals surface area contributed by atoms with E-state index in [2.05, 4.69) is 50.1 Å². The van der Waals surface area contributed by atoms with Gasteiger partial charge in [0.05, 0.1) is 30.9 Å².